The molecule has 2 aliphatic heterocycles. The molecule has 0 unspecified atom stereocenters. The van der Waals surface area contributed by atoms with Crippen LogP contribution in [0.3, 0.4) is 0 Å². The van der Waals surface area contributed by atoms with Crippen molar-refractivity contribution in [2.75, 3.05) is 26.2 Å². The van der Waals surface area contributed by atoms with E-state index in [-0.39, 0.29) is 23.9 Å². The van der Waals surface area contributed by atoms with Gasteiger partial charge in [-0.15, -0.1) is 0 Å². The van der Waals surface area contributed by atoms with Gasteiger partial charge in [-0.3, -0.25) is 14.5 Å². The van der Waals surface area contributed by atoms with Gasteiger partial charge in [0.1, 0.15) is 32.7 Å². The minimum absolute atomic E-state index is 0.0819. The lowest BCUT2D eigenvalue weighted by Gasteiger charge is -2.33. The fraction of sp³-hybridized carbons (Fsp3) is 0.619. The molecule has 0 radical (unpaired) electrons. The third-order valence-corrected chi connectivity index (χ3v) is 6.51. The molecule has 1 aliphatic carbocycles. The van der Waals surface area contributed by atoms with E-state index in [0.717, 1.165) is 58.4 Å². The summed E-state index contributed by atoms with van der Waals surface area (Å²) in [6.45, 7) is 5.19. The van der Waals surface area contributed by atoms with Crippen molar-refractivity contribution in [2.45, 2.75) is 57.2 Å². The second kappa shape index (κ2) is 7.89. The molecule has 2 amide bonds. The van der Waals surface area contributed by atoms with Gasteiger partial charge in [-0.1, -0.05) is 49.6 Å². The largest absolute Gasteiger partial charge is 0.322 e. The molecule has 2 heterocycles. The predicted octanol–water partition coefficient (Wildman–Crippen LogP) is -0.570. The van der Waals surface area contributed by atoms with Crippen LogP contribution in [-0.4, -0.2) is 55.0 Å². The number of likely N-dealkylation sites (tertiary alicyclic amines) is 1. The molecule has 3 fully saturated rings. The number of benzene rings is 1. The van der Waals surface area contributed by atoms with Crippen molar-refractivity contribution in [3.8, 4) is 0 Å². The zero-order valence-electron chi connectivity index (χ0n) is 15.6. The van der Waals surface area contributed by atoms with Crippen LogP contribution in [0.4, 0.5) is 0 Å². The lowest BCUT2D eigenvalue weighted by Crippen LogP contribution is -3.29. The monoisotopic (exact) mass is 357 g/mol. The lowest BCUT2D eigenvalue weighted by atomic mass is 9.94. The van der Waals surface area contributed by atoms with Gasteiger partial charge in [-0.2, -0.15) is 0 Å². The standard InChI is InChI=1S/C21H29N3O2/c25-20-15-19(21(26)24(20)18-9-5-2-6-10-18)23-13-11-22(12-14-23)16-17-7-3-1-4-8-17/h1,3-4,7-8,18-19H,2,5-6,9-16H2/p+2/t19-/m0/s1. The highest BCUT2D eigenvalue weighted by molar-refractivity contribution is 6.05. The molecule has 140 valence electrons. The molecule has 0 aromatic heterocycles. The first-order chi connectivity index (χ1) is 12.7. The predicted molar refractivity (Wildman–Crippen MR) is 98.7 cm³/mol. The summed E-state index contributed by atoms with van der Waals surface area (Å²) in [5.74, 6) is 0.196. The van der Waals surface area contributed by atoms with Crippen LogP contribution in [0, 0.1) is 0 Å². The van der Waals surface area contributed by atoms with Crippen molar-refractivity contribution in [1.29, 1.82) is 0 Å². The number of carbonyl (C=O) groups excluding carboxylic acids is 2. The topological polar surface area (TPSA) is 46.3 Å². The number of nitrogens with one attached hydrogen (secondary N) is 2. The highest BCUT2D eigenvalue weighted by atomic mass is 16.2. The Labute approximate surface area is 155 Å². The van der Waals surface area contributed by atoms with Crippen molar-refractivity contribution < 1.29 is 19.4 Å². The molecule has 0 bridgehead atoms. The molecule has 5 nitrogen and oxygen atoms in total. The second-order valence-corrected chi connectivity index (χ2v) is 8.22. The number of amides is 2. The molecule has 1 aromatic rings. The molecule has 2 saturated heterocycles. The maximum absolute atomic E-state index is 13.0. The van der Waals surface area contributed by atoms with Crippen LogP contribution in [-0.2, 0) is 16.1 Å². The number of imide groups is 1. The van der Waals surface area contributed by atoms with Crippen LogP contribution in [0.25, 0.3) is 0 Å². The number of carbonyl (C=O) groups is 2. The van der Waals surface area contributed by atoms with E-state index >= 15 is 0 Å². The second-order valence-electron chi connectivity index (χ2n) is 8.22. The Balaban J connectivity index is 1.33. The minimum atomic E-state index is -0.122. The van der Waals surface area contributed by atoms with Crippen LogP contribution in [0.15, 0.2) is 30.3 Å². The van der Waals surface area contributed by atoms with E-state index in [0.29, 0.717) is 6.42 Å². The van der Waals surface area contributed by atoms with E-state index in [2.05, 4.69) is 30.3 Å². The average Bonchev–Trinajstić information content (AvgIpc) is 2.98. The van der Waals surface area contributed by atoms with Crippen molar-refractivity contribution in [3.05, 3.63) is 35.9 Å². The van der Waals surface area contributed by atoms with Crippen molar-refractivity contribution in [3.63, 3.8) is 0 Å². The molecular formula is C21H31N3O2+2. The van der Waals surface area contributed by atoms with Crippen molar-refractivity contribution >= 4 is 11.8 Å². The van der Waals surface area contributed by atoms with Gasteiger partial charge in [0.2, 0.25) is 5.91 Å². The quantitative estimate of drug-likeness (QED) is 0.709. The summed E-state index contributed by atoms with van der Waals surface area (Å²) in [4.78, 5) is 30.1. The summed E-state index contributed by atoms with van der Waals surface area (Å²) in [6, 6.07) is 10.7. The minimum Gasteiger partial charge on any atom is -0.322 e. The normalized spacial score (nSPS) is 30.8. The zero-order chi connectivity index (χ0) is 17.9. The average molecular weight is 357 g/mol. The first-order valence-electron chi connectivity index (χ1n) is 10.3. The summed E-state index contributed by atoms with van der Waals surface area (Å²) in [5.41, 5.74) is 1.38. The summed E-state index contributed by atoms with van der Waals surface area (Å²) < 4.78 is 0. The summed E-state index contributed by atoms with van der Waals surface area (Å²) in [7, 11) is 0. The fourth-order valence-electron chi connectivity index (χ4n) is 5.03. The number of nitrogens with zero attached hydrogens (tertiary/aromatic N) is 1. The molecule has 5 heteroatoms. The number of piperazine rings is 1. The maximum atomic E-state index is 13.0. The van der Waals surface area contributed by atoms with Crippen LogP contribution in [0.2, 0.25) is 0 Å². The van der Waals surface area contributed by atoms with Gasteiger partial charge in [0.05, 0.1) is 6.42 Å². The van der Waals surface area contributed by atoms with Gasteiger partial charge < -0.3 is 9.80 Å². The van der Waals surface area contributed by atoms with Gasteiger partial charge >= 0.3 is 0 Å². The highest BCUT2D eigenvalue weighted by Crippen LogP contribution is 2.26. The first kappa shape index (κ1) is 17.7. The van der Waals surface area contributed by atoms with Gasteiger partial charge in [0.25, 0.3) is 5.91 Å². The SMILES string of the molecule is O=C1C[C@H]([NH+]2CC[NH+](Cc3ccccc3)CC2)C(=O)N1C1CCCCC1. The number of hydrogen-bond donors (Lipinski definition) is 2. The smallest absolute Gasteiger partial charge is 0.288 e. The summed E-state index contributed by atoms with van der Waals surface area (Å²) >= 11 is 0. The number of hydrogen-bond acceptors (Lipinski definition) is 2. The maximum Gasteiger partial charge on any atom is 0.288 e. The zero-order valence-corrected chi connectivity index (χ0v) is 15.6. The third-order valence-electron chi connectivity index (χ3n) is 6.51. The molecule has 0 spiro atoms. The molecule has 26 heavy (non-hydrogen) atoms. The van der Waals surface area contributed by atoms with E-state index in [4.69, 9.17) is 0 Å². The lowest BCUT2D eigenvalue weighted by molar-refractivity contribution is -1.02. The van der Waals surface area contributed by atoms with Crippen LogP contribution in [0.5, 0.6) is 0 Å². The molecule has 4 rings (SSSR count). The summed E-state index contributed by atoms with van der Waals surface area (Å²) in [5, 5.41) is 0. The first-order valence-corrected chi connectivity index (χ1v) is 10.3. The molecular weight excluding hydrogens is 326 g/mol. The molecule has 1 atom stereocenters. The third kappa shape index (κ3) is 3.69. The van der Waals surface area contributed by atoms with Crippen LogP contribution in [0.1, 0.15) is 44.1 Å². The highest BCUT2D eigenvalue weighted by Gasteiger charge is 2.48. The van der Waals surface area contributed by atoms with Gasteiger partial charge in [0, 0.05) is 11.6 Å². The van der Waals surface area contributed by atoms with Crippen LogP contribution >= 0.6 is 0 Å². The Bertz CT molecular complexity index is 634. The van der Waals surface area contributed by atoms with Gasteiger partial charge in [0.15, 0.2) is 6.04 Å². The van der Waals surface area contributed by atoms with E-state index in [1.54, 1.807) is 9.80 Å². The fourth-order valence-corrected chi connectivity index (χ4v) is 5.03. The molecule has 1 aromatic carbocycles. The molecule has 3 aliphatic rings. The van der Waals surface area contributed by atoms with E-state index in [1.165, 1.54) is 16.9 Å². The number of quaternary nitrogens is 2. The Morgan fingerprint density at radius 2 is 1.62 bits per heavy atom. The van der Waals surface area contributed by atoms with E-state index in [9.17, 15) is 9.59 Å². The van der Waals surface area contributed by atoms with E-state index in [1.807, 2.05) is 0 Å². The van der Waals surface area contributed by atoms with Crippen LogP contribution < -0.4 is 9.80 Å². The Hall–Kier alpha value is -1.72. The van der Waals surface area contributed by atoms with Gasteiger partial charge in [-0.05, 0) is 12.8 Å². The Morgan fingerprint density at radius 1 is 0.923 bits per heavy atom. The Kier molecular flexibility index (Phi) is 5.36. The van der Waals surface area contributed by atoms with E-state index < -0.39 is 0 Å². The molecule has 2 N–H and O–H groups in total. The summed E-state index contributed by atoms with van der Waals surface area (Å²) in [6.07, 6.45) is 6.00. The van der Waals surface area contributed by atoms with Crippen molar-refractivity contribution in [2.24, 2.45) is 0 Å². The van der Waals surface area contributed by atoms with Crippen molar-refractivity contribution in [1.82, 2.24) is 4.90 Å². The molecule has 1 saturated carbocycles. The Morgan fingerprint density at radius 3 is 2.31 bits per heavy atom. The van der Waals surface area contributed by atoms with Gasteiger partial charge in [-0.25, -0.2) is 0 Å². The number of rotatable bonds is 4.